The first-order chi connectivity index (χ1) is 10.7. The Morgan fingerprint density at radius 1 is 1.32 bits per heavy atom. The maximum atomic E-state index is 11.8. The van der Waals surface area contributed by atoms with E-state index in [0.717, 1.165) is 18.7 Å². The van der Waals surface area contributed by atoms with E-state index in [1.807, 2.05) is 30.3 Å². The van der Waals surface area contributed by atoms with Crippen LogP contribution in [0.4, 0.5) is 4.79 Å². The van der Waals surface area contributed by atoms with Gasteiger partial charge in [-0.3, -0.25) is 0 Å². The van der Waals surface area contributed by atoms with Crippen molar-refractivity contribution in [2.75, 3.05) is 26.8 Å². The molecule has 1 aliphatic rings. The van der Waals surface area contributed by atoms with E-state index in [-0.39, 0.29) is 19.3 Å². The topological polar surface area (TPSA) is 85.9 Å². The molecule has 1 unspecified atom stereocenters. The Kier molecular flexibility index (Phi) is 6.17. The molecule has 22 heavy (non-hydrogen) atoms. The first-order valence-corrected chi connectivity index (χ1v) is 7.06. The van der Waals surface area contributed by atoms with Crippen molar-refractivity contribution in [3.8, 4) is 0 Å². The van der Waals surface area contributed by atoms with Crippen molar-refractivity contribution in [1.82, 2.24) is 10.6 Å². The molecule has 1 amide bonds. The van der Waals surface area contributed by atoms with Gasteiger partial charge in [-0.25, -0.2) is 9.59 Å². The van der Waals surface area contributed by atoms with E-state index in [1.54, 1.807) is 0 Å². The molecule has 1 fully saturated rings. The van der Waals surface area contributed by atoms with Crippen LogP contribution >= 0.6 is 0 Å². The number of hydrogen-bond donors (Lipinski definition) is 2. The molecular weight excluding hydrogens is 288 g/mol. The Morgan fingerprint density at radius 2 is 2.05 bits per heavy atom. The van der Waals surface area contributed by atoms with Crippen LogP contribution in [0.5, 0.6) is 0 Å². The summed E-state index contributed by atoms with van der Waals surface area (Å²) < 4.78 is 15.2. The summed E-state index contributed by atoms with van der Waals surface area (Å²) in [5, 5.41) is 5.51. The first-order valence-electron chi connectivity index (χ1n) is 7.06. The highest BCUT2D eigenvalue weighted by Crippen LogP contribution is 2.03. The van der Waals surface area contributed by atoms with Gasteiger partial charge in [0.2, 0.25) is 0 Å². The van der Waals surface area contributed by atoms with E-state index in [1.165, 1.54) is 7.11 Å². The molecule has 0 aromatic heterocycles. The quantitative estimate of drug-likeness (QED) is 0.711. The Labute approximate surface area is 128 Å². The second-order valence-corrected chi connectivity index (χ2v) is 4.90. The Bertz CT molecular complexity index is 490. The van der Waals surface area contributed by atoms with Gasteiger partial charge in [0.05, 0.1) is 19.8 Å². The van der Waals surface area contributed by atoms with Crippen LogP contribution in [-0.2, 0) is 25.6 Å². The molecule has 1 aromatic rings. The molecule has 0 bridgehead atoms. The van der Waals surface area contributed by atoms with Crippen LogP contribution in [0, 0.1) is 0 Å². The Morgan fingerprint density at radius 3 is 2.64 bits per heavy atom. The molecule has 0 saturated carbocycles. The predicted molar refractivity (Wildman–Crippen MR) is 78.2 cm³/mol. The fourth-order valence-corrected chi connectivity index (χ4v) is 1.83. The normalized spacial score (nSPS) is 15.5. The van der Waals surface area contributed by atoms with Crippen LogP contribution in [0.2, 0.25) is 0 Å². The predicted octanol–water partition coefficient (Wildman–Crippen LogP) is 0.443. The lowest BCUT2D eigenvalue weighted by Crippen LogP contribution is -2.52. The second kappa shape index (κ2) is 8.35. The van der Waals surface area contributed by atoms with Crippen molar-refractivity contribution >= 4 is 12.1 Å². The van der Waals surface area contributed by atoms with E-state index >= 15 is 0 Å². The molecule has 2 rings (SSSR count). The number of methoxy groups -OCH3 is 1. The van der Waals surface area contributed by atoms with Gasteiger partial charge >= 0.3 is 12.1 Å². The summed E-state index contributed by atoms with van der Waals surface area (Å²) in [5.74, 6) is -0.566. The van der Waals surface area contributed by atoms with Gasteiger partial charge in [-0.1, -0.05) is 30.3 Å². The van der Waals surface area contributed by atoms with Gasteiger partial charge < -0.3 is 24.8 Å². The molecule has 120 valence electrons. The molecule has 2 N–H and O–H groups in total. The number of carbonyl (C=O) groups excluding carboxylic acids is 2. The Hall–Kier alpha value is -2.12. The second-order valence-electron chi connectivity index (χ2n) is 4.90. The zero-order valence-electron chi connectivity index (χ0n) is 12.4. The zero-order chi connectivity index (χ0) is 15.8. The number of hydrogen-bond acceptors (Lipinski definition) is 6. The van der Waals surface area contributed by atoms with Crippen molar-refractivity contribution in [2.24, 2.45) is 0 Å². The molecule has 1 heterocycles. The van der Waals surface area contributed by atoms with Crippen molar-refractivity contribution in [3.05, 3.63) is 35.9 Å². The lowest BCUT2D eigenvalue weighted by atomic mass is 10.2. The summed E-state index contributed by atoms with van der Waals surface area (Å²) in [6.45, 7) is 1.67. The summed E-state index contributed by atoms with van der Waals surface area (Å²) in [6, 6.07) is 8.40. The third kappa shape index (κ3) is 5.01. The smallest absolute Gasteiger partial charge is 0.408 e. The molecule has 0 aliphatic carbocycles. The fraction of sp³-hybridized carbons (Fsp3) is 0.467. The summed E-state index contributed by atoms with van der Waals surface area (Å²) in [5.41, 5.74) is 0.865. The highest BCUT2D eigenvalue weighted by molar-refractivity contribution is 5.81. The fourth-order valence-electron chi connectivity index (χ4n) is 1.83. The first kappa shape index (κ1) is 16.3. The van der Waals surface area contributed by atoms with E-state index in [9.17, 15) is 9.59 Å². The van der Waals surface area contributed by atoms with Gasteiger partial charge in [-0.05, 0) is 5.56 Å². The Balaban J connectivity index is 1.77. The SMILES string of the molecule is COC(=O)C(COC1CNC1)NC(=O)OCc1ccccc1. The summed E-state index contributed by atoms with van der Waals surface area (Å²) in [6.07, 6.45) is -0.621. The minimum Gasteiger partial charge on any atom is -0.467 e. The average molecular weight is 308 g/mol. The number of ether oxygens (including phenoxy) is 3. The van der Waals surface area contributed by atoms with Gasteiger partial charge in [-0.15, -0.1) is 0 Å². The number of alkyl carbamates (subject to hydrolysis) is 1. The minimum absolute atomic E-state index is 0.0550. The standard InChI is InChI=1S/C15H20N2O5/c1-20-14(18)13(10-21-12-7-16-8-12)17-15(19)22-9-11-5-3-2-4-6-11/h2-6,12-13,16H,7-10H2,1H3,(H,17,19). The lowest BCUT2D eigenvalue weighted by molar-refractivity contribution is -0.145. The van der Waals surface area contributed by atoms with Crippen LogP contribution in [0.1, 0.15) is 5.56 Å². The molecular formula is C15H20N2O5. The number of rotatable bonds is 7. The minimum atomic E-state index is -0.881. The molecule has 0 radical (unpaired) electrons. The zero-order valence-corrected chi connectivity index (χ0v) is 12.4. The van der Waals surface area contributed by atoms with Crippen molar-refractivity contribution in [2.45, 2.75) is 18.8 Å². The number of esters is 1. The number of nitrogens with one attached hydrogen (secondary N) is 2. The summed E-state index contributed by atoms with van der Waals surface area (Å²) >= 11 is 0. The lowest BCUT2D eigenvalue weighted by Gasteiger charge is -2.28. The molecule has 7 heteroatoms. The van der Waals surface area contributed by atoms with Crippen molar-refractivity contribution < 1.29 is 23.8 Å². The number of benzene rings is 1. The van der Waals surface area contributed by atoms with Crippen LogP contribution in [0.25, 0.3) is 0 Å². The highest BCUT2D eigenvalue weighted by Gasteiger charge is 2.26. The van der Waals surface area contributed by atoms with E-state index in [0.29, 0.717) is 0 Å². The summed E-state index contributed by atoms with van der Waals surface area (Å²) in [4.78, 5) is 23.4. The van der Waals surface area contributed by atoms with Gasteiger partial charge in [0.25, 0.3) is 0 Å². The van der Waals surface area contributed by atoms with E-state index in [4.69, 9.17) is 9.47 Å². The third-order valence-corrected chi connectivity index (χ3v) is 3.23. The molecule has 1 aromatic carbocycles. The molecule has 1 atom stereocenters. The molecule has 1 saturated heterocycles. The van der Waals surface area contributed by atoms with Crippen LogP contribution in [0.15, 0.2) is 30.3 Å². The van der Waals surface area contributed by atoms with Crippen molar-refractivity contribution in [1.29, 1.82) is 0 Å². The van der Waals surface area contributed by atoms with Crippen LogP contribution in [-0.4, -0.2) is 51.0 Å². The third-order valence-electron chi connectivity index (χ3n) is 3.23. The van der Waals surface area contributed by atoms with Gasteiger partial charge in [0.15, 0.2) is 6.04 Å². The average Bonchev–Trinajstić information content (AvgIpc) is 2.50. The van der Waals surface area contributed by atoms with Gasteiger partial charge in [-0.2, -0.15) is 0 Å². The van der Waals surface area contributed by atoms with E-state index in [2.05, 4.69) is 15.4 Å². The number of carbonyl (C=O) groups is 2. The molecule has 0 spiro atoms. The van der Waals surface area contributed by atoms with Gasteiger partial charge in [0.1, 0.15) is 6.61 Å². The maximum Gasteiger partial charge on any atom is 0.408 e. The number of amides is 1. The molecule has 1 aliphatic heterocycles. The van der Waals surface area contributed by atoms with Crippen LogP contribution < -0.4 is 10.6 Å². The largest absolute Gasteiger partial charge is 0.467 e. The van der Waals surface area contributed by atoms with Gasteiger partial charge in [0, 0.05) is 13.1 Å². The monoisotopic (exact) mass is 308 g/mol. The maximum absolute atomic E-state index is 11.8. The highest BCUT2D eigenvalue weighted by atomic mass is 16.6. The van der Waals surface area contributed by atoms with Crippen LogP contribution in [0.3, 0.4) is 0 Å². The molecule has 7 nitrogen and oxygen atoms in total. The van der Waals surface area contributed by atoms with Crippen molar-refractivity contribution in [3.63, 3.8) is 0 Å². The summed E-state index contributed by atoms with van der Waals surface area (Å²) in [7, 11) is 1.26. The van der Waals surface area contributed by atoms with E-state index < -0.39 is 18.1 Å².